The van der Waals surface area contributed by atoms with Gasteiger partial charge in [-0.05, 0) is 25.3 Å². The molecule has 0 aromatic heterocycles. The summed E-state index contributed by atoms with van der Waals surface area (Å²) in [5, 5.41) is 8.86. The van der Waals surface area contributed by atoms with E-state index in [1.807, 2.05) is 0 Å². The zero-order valence-corrected chi connectivity index (χ0v) is 9.91. The first-order chi connectivity index (χ1) is 7.19. The van der Waals surface area contributed by atoms with Gasteiger partial charge in [0.1, 0.15) is 0 Å². The highest BCUT2D eigenvalue weighted by atomic mass is 16.4. The van der Waals surface area contributed by atoms with Crippen molar-refractivity contribution < 1.29 is 9.90 Å². The highest BCUT2D eigenvalue weighted by Crippen LogP contribution is 2.30. The number of hydrogen-bond donors (Lipinski definition) is 1. The quantitative estimate of drug-likeness (QED) is 0.762. The fourth-order valence-electron chi connectivity index (χ4n) is 2.78. The molecule has 1 aliphatic rings. The maximum atomic E-state index is 10.8. The van der Waals surface area contributed by atoms with Gasteiger partial charge in [0.15, 0.2) is 0 Å². The van der Waals surface area contributed by atoms with Crippen molar-refractivity contribution in [2.24, 2.45) is 5.92 Å². The molecular weight excluding hydrogens is 190 g/mol. The highest BCUT2D eigenvalue weighted by molar-refractivity contribution is 5.69. The molecule has 3 nitrogen and oxygen atoms in total. The highest BCUT2D eigenvalue weighted by Gasteiger charge is 2.28. The van der Waals surface area contributed by atoms with Crippen LogP contribution in [0, 0.1) is 5.92 Å². The minimum Gasteiger partial charge on any atom is -0.480 e. The summed E-state index contributed by atoms with van der Waals surface area (Å²) in [6, 6.07) is 0.504. The Bertz CT molecular complexity index is 206. The number of aliphatic carboxylic acids is 1. The second-order valence-electron chi connectivity index (χ2n) is 4.48. The Balaban J connectivity index is 2.58. The molecule has 0 aromatic carbocycles. The molecule has 0 bridgehead atoms. The number of carboxylic acids is 1. The van der Waals surface area contributed by atoms with Crippen molar-refractivity contribution in [3.05, 3.63) is 0 Å². The van der Waals surface area contributed by atoms with Crippen LogP contribution in [0.1, 0.15) is 46.0 Å². The average molecular weight is 213 g/mol. The Labute approximate surface area is 92.5 Å². The second-order valence-corrected chi connectivity index (χ2v) is 4.48. The number of nitrogens with zero attached hydrogens (tertiary/aromatic N) is 1. The average Bonchev–Trinajstić information content (AvgIpc) is 2.25. The molecule has 2 atom stereocenters. The SMILES string of the molecule is CCC1CCCCC1N(CC)CC(=O)O. The van der Waals surface area contributed by atoms with E-state index in [2.05, 4.69) is 18.7 Å². The van der Waals surface area contributed by atoms with Gasteiger partial charge in [-0.15, -0.1) is 0 Å². The molecule has 15 heavy (non-hydrogen) atoms. The molecule has 88 valence electrons. The first-order valence-electron chi connectivity index (χ1n) is 6.14. The predicted octanol–water partition coefficient (Wildman–Crippen LogP) is 2.36. The van der Waals surface area contributed by atoms with Crippen molar-refractivity contribution in [3.8, 4) is 0 Å². The van der Waals surface area contributed by atoms with Gasteiger partial charge in [0.2, 0.25) is 0 Å². The molecule has 1 aliphatic carbocycles. The van der Waals surface area contributed by atoms with Crippen LogP contribution in [0.5, 0.6) is 0 Å². The predicted molar refractivity (Wildman–Crippen MR) is 60.9 cm³/mol. The first-order valence-corrected chi connectivity index (χ1v) is 6.14. The van der Waals surface area contributed by atoms with Crippen molar-refractivity contribution >= 4 is 5.97 Å². The third kappa shape index (κ3) is 3.49. The minimum absolute atomic E-state index is 0.206. The van der Waals surface area contributed by atoms with Crippen LogP contribution in [0.25, 0.3) is 0 Å². The van der Waals surface area contributed by atoms with E-state index in [4.69, 9.17) is 5.11 Å². The van der Waals surface area contributed by atoms with Gasteiger partial charge >= 0.3 is 5.97 Å². The summed E-state index contributed by atoms with van der Waals surface area (Å²) in [5.41, 5.74) is 0. The Morgan fingerprint density at radius 2 is 2.00 bits per heavy atom. The van der Waals surface area contributed by atoms with Gasteiger partial charge < -0.3 is 5.11 Å². The van der Waals surface area contributed by atoms with Crippen LogP contribution in [0.3, 0.4) is 0 Å². The Kier molecular flexibility index (Phi) is 5.09. The third-order valence-corrected chi connectivity index (χ3v) is 3.61. The summed E-state index contributed by atoms with van der Waals surface area (Å²) < 4.78 is 0. The molecule has 0 aromatic rings. The lowest BCUT2D eigenvalue weighted by Gasteiger charge is -2.38. The fraction of sp³-hybridized carbons (Fsp3) is 0.917. The molecular formula is C12H23NO2. The molecule has 3 heteroatoms. The number of rotatable bonds is 5. The summed E-state index contributed by atoms with van der Waals surface area (Å²) >= 11 is 0. The zero-order valence-electron chi connectivity index (χ0n) is 9.91. The van der Waals surface area contributed by atoms with Crippen LogP contribution in [-0.2, 0) is 4.79 Å². The maximum absolute atomic E-state index is 10.8. The molecule has 2 unspecified atom stereocenters. The molecule has 1 fully saturated rings. The molecule has 0 saturated heterocycles. The summed E-state index contributed by atoms with van der Waals surface area (Å²) in [6.07, 6.45) is 6.22. The standard InChI is InChI=1S/C12H23NO2/c1-3-10-7-5-6-8-11(10)13(4-2)9-12(14)15/h10-11H,3-9H2,1-2H3,(H,14,15). The summed E-state index contributed by atoms with van der Waals surface area (Å²) in [7, 11) is 0. The molecule has 0 heterocycles. The van der Waals surface area contributed by atoms with Gasteiger partial charge in [0.05, 0.1) is 6.54 Å². The smallest absolute Gasteiger partial charge is 0.317 e. The Morgan fingerprint density at radius 3 is 2.53 bits per heavy atom. The fourth-order valence-corrected chi connectivity index (χ4v) is 2.78. The molecule has 1 rings (SSSR count). The number of carboxylic acid groups (broad SMARTS) is 1. The molecule has 0 aliphatic heterocycles. The molecule has 0 amide bonds. The van der Waals surface area contributed by atoms with E-state index in [1.165, 1.54) is 32.1 Å². The van der Waals surface area contributed by atoms with Gasteiger partial charge in [-0.25, -0.2) is 0 Å². The van der Waals surface area contributed by atoms with Gasteiger partial charge in [-0.3, -0.25) is 9.69 Å². The van der Waals surface area contributed by atoms with E-state index in [0.717, 1.165) is 6.54 Å². The monoisotopic (exact) mass is 213 g/mol. The normalized spacial score (nSPS) is 26.9. The lowest BCUT2D eigenvalue weighted by Crippen LogP contribution is -2.44. The minimum atomic E-state index is -0.697. The van der Waals surface area contributed by atoms with E-state index in [0.29, 0.717) is 12.0 Å². The Hall–Kier alpha value is -0.570. The summed E-state index contributed by atoms with van der Waals surface area (Å²) in [6.45, 7) is 5.34. The van der Waals surface area contributed by atoms with Crippen LogP contribution in [0.15, 0.2) is 0 Å². The third-order valence-electron chi connectivity index (χ3n) is 3.61. The van der Waals surface area contributed by atoms with E-state index in [9.17, 15) is 4.79 Å². The number of hydrogen-bond acceptors (Lipinski definition) is 2. The lowest BCUT2D eigenvalue weighted by atomic mass is 9.82. The maximum Gasteiger partial charge on any atom is 0.317 e. The number of carbonyl (C=O) groups is 1. The summed E-state index contributed by atoms with van der Waals surface area (Å²) in [5.74, 6) is 0.00956. The van der Waals surface area contributed by atoms with E-state index in [-0.39, 0.29) is 6.54 Å². The molecule has 0 spiro atoms. The molecule has 1 N–H and O–H groups in total. The number of likely N-dealkylation sites (N-methyl/N-ethyl adjacent to an activating group) is 1. The van der Waals surface area contributed by atoms with Crippen LogP contribution < -0.4 is 0 Å². The summed E-state index contributed by atoms with van der Waals surface area (Å²) in [4.78, 5) is 12.9. The Morgan fingerprint density at radius 1 is 1.33 bits per heavy atom. The van der Waals surface area contributed by atoms with E-state index in [1.54, 1.807) is 0 Å². The van der Waals surface area contributed by atoms with Crippen molar-refractivity contribution in [3.63, 3.8) is 0 Å². The lowest BCUT2D eigenvalue weighted by molar-refractivity contribution is -0.139. The van der Waals surface area contributed by atoms with Gasteiger partial charge in [0, 0.05) is 6.04 Å². The van der Waals surface area contributed by atoms with Crippen LogP contribution in [-0.4, -0.2) is 35.1 Å². The van der Waals surface area contributed by atoms with Crippen LogP contribution in [0.4, 0.5) is 0 Å². The van der Waals surface area contributed by atoms with Gasteiger partial charge in [-0.1, -0.05) is 33.1 Å². The van der Waals surface area contributed by atoms with Crippen molar-refractivity contribution in [1.29, 1.82) is 0 Å². The van der Waals surface area contributed by atoms with E-state index >= 15 is 0 Å². The zero-order chi connectivity index (χ0) is 11.3. The van der Waals surface area contributed by atoms with Gasteiger partial charge in [0.25, 0.3) is 0 Å². The first kappa shape index (κ1) is 12.5. The topological polar surface area (TPSA) is 40.5 Å². The van der Waals surface area contributed by atoms with Crippen molar-refractivity contribution in [1.82, 2.24) is 4.90 Å². The van der Waals surface area contributed by atoms with E-state index < -0.39 is 5.97 Å². The largest absolute Gasteiger partial charge is 0.480 e. The van der Waals surface area contributed by atoms with Crippen molar-refractivity contribution in [2.45, 2.75) is 52.0 Å². The van der Waals surface area contributed by atoms with Crippen LogP contribution >= 0.6 is 0 Å². The molecule has 0 radical (unpaired) electrons. The second kappa shape index (κ2) is 6.11. The van der Waals surface area contributed by atoms with Crippen molar-refractivity contribution in [2.75, 3.05) is 13.1 Å². The molecule has 1 saturated carbocycles. The van der Waals surface area contributed by atoms with Gasteiger partial charge in [-0.2, -0.15) is 0 Å². The van der Waals surface area contributed by atoms with Crippen LogP contribution in [0.2, 0.25) is 0 Å².